The fourth-order valence-electron chi connectivity index (χ4n) is 1.55. The highest BCUT2D eigenvalue weighted by Gasteiger charge is 2.10. The number of nitrogens with two attached hydrogens (primary N) is 1. The minimum atomic E-state index is -1.06. The molecule has 0 bridgehead atoms. The van der Waals surface area contributed by atoms with Crippen LogP contribution in [0.1, 0.15) is 18.4 Å². The Bertz CT molecular complexity index is 554. The largest absolute Gasteiger partial charge is 0.480 e. The highest BCUT2D eigenvalue weighted by molar-refractivity contribution is 5.73. The summed E-state index contributed by atoms with van der Waals surface area (Å²) in [5.41, 5.74) is 14.8. The Morgan fingerprint density at radius 3 is 2.68 bits per heavy atom. The summed E-state index contributed by atoms with van der Waals surface area (Å²) in [6, 6.07) is 5.67. The number of hydrogen-bond donors (Lipinski definition) is 3. The molecule has 1 aromatic carbocycles. The van der Waals surface area contributed by atoms with Gasteiger partial charge in [0.1, 0.15) is 12.6 Å². The van der Waals surface area contributed by atoms with Crippen LogP contribution in [0.15, 0.2) is 29.4 Å². The zero-order chi connectivity index (χ0) is 16.4. The first-order valence-electron chi connectivity index (χ1n) is 6.56. The number of azide groups is 1. The van der Waals surface area contributed by atoms with Gasteiger partial charge < -0.3 is 20.9 Å². The molecule has 1 rings (SSSR count). The SMILES string of the molecule is [N-]=[N+]=Nc1ccc(COC(=O)NCCCC(N)C(=O)O)cc1. The Hall–Kier alpha value is -2.77. The van der Waals surface area contributed by atoms with Crippen LogP contribution in [-0.4, -0.2) is 29.8 Å². The molecule has 0 aliphatic carbocycles. The monoisotopic (exact) mass is 307 g/mol. The highest BCUT2D eigenvalue weighted by Crippen LogP contribution is 2.13. The Balaban J connectivity index is 2.22. The van der Waals surface area contributed by atoms with Crippen molar-refractivity contribution in [2.45, 2.75) is 25.5 Å². The number of nitrogens with one attached hydrogen (secondary N) is 1. The normalized spacial score (nSPS) is 11.1. The van der Waals surface area contributed by atoms with Crippen LogP contribution < -0.4 is 11.1 Å². The summed E-state index contributed by atoms with van der Waals surface area (Å²) in [4.78, 5) is 24.6. The molecule has 9 heteroatoms. The fraction of sp³-hybridized carbons (Fsp3) is 0.385. The van der Waals surface area contributed by atoms with Gasteiger partial charge in [0, 0.05) is 17.1 Å². The van der Waals surface area contributed by atoms with Crippen LogP contribution in [0.5, 0.6) is 0 Å². The molecule has 1 unspecified atom stereocenters. The predicted octanol–water partition coefficient (Wildman–Crippen LogP) is 2.05. The number of rotatable bonds is 8. The number of benzene rings is 1. The molecule has 22 heavy (non-hydrogen) atoms. The maximum atomic E-state index is 11.4. The zero-order valence-corrected chi connectivity index (χ0v) is 11.8. The van der Waals surface area contributed by atoms with Crippen molar-refractivity contribution in [3.8, 4) is 0 Å². The summed E-state index contributed by atoms with van der Waals surface area (Å²) in [7, 11) is 0. The molecule has 0 saturated carbocycles. The van der Waals surface area contributed by atoms with E-state index in [4.69, 9.17) is 21.1 Å². The lowest BCUT2D eigenvalue weighted by Crippen LogP contribution is -2.32. The van der Waals surface area contributed by atoms with Gasteiger partial charge in [-0.2, -0.15) is 0 Å². The molecule has 1 aromatic rings. The molecule has 0 aliphatic heterocycles. The van der Waals surface area contributed by atoms with Crippen LogP contribution in [0.3, 0.4) is 0 Å². The molecule has 0 aromatic heterocycles. The Kier molecular flexibility index (Phi) is 7.24. The van der Waals surface area contributed by atoms with Crippen molar-refractivity contribution < 1.29 is 19.4 Å². The number of carboxylic acids is 1. The smallest absolute Gasteiger partial charge is 0.407 e. The van der Waals surface area contributed by atoms with E-state index in [1.165, 1.54) is 0 Å². The van der Waals surface area contributed by atoms with Crippen molar-refractivity contribution in [2.75, 3.05) is 6.54 Å². The molecule has 1 amide bonds. The average Bonchev–Trinajstić information content (AvgIpc) is 2.50. The number of nitrogens with zero attached hydrogens (tertiary/aromatic N) is 3. The van der Waals surface area contributed by atoms with Gasteiger partial charge in [-0.05, 0) is 23.9 Å². The molecule has 0 radical (unpaired) electrons. The minimum absolute atomic E-state index is 0.0804. The Morgan fingerprint density at radius 2 is 2.09 bits per heavy atom. The van der Waals surface area contributed by atoms with Crippen LogP contribution in [-0.2, 0) is 16.1 Å². The highest BCUT2D eigenvalue weighted by atomic mass is 16.5. The van der Waals surface area contributed by atoms with Gasteiger partial charge >= 0.3 is 12.1 Å². The second kappa shape index (κ2) is 9.22. The second-order valence-electron chi connectivity index (χ2n) is 4.45. The standard InChI is InChI=1S/C13H17N5O4/c14-11(12(19)20)2-1-7-16-13(21)22-8-9-3-5-10(6-4-9)17-18-15/h3-6,11H,1-2,7-8,14H2,(H,16,21)(H,19,20). The minimum Gasteiger partial charge on any atom is -0.480 e. The maximum absolute atomic E-state index is 11.4. The third-order valence-electron chi connectivity index (χ3n) is 2.74. The maximum Gasteiger partial charge on any atom is 0.407 e. The van der Waals surface area contributed by atoms with Gasteiger partial charge in [0.15, 0.2) is 0 Å². The summed E-state index contributed by atoms with van der Waals surface area (Å²) in [6.45, 7) is 0.368. The van der Waals surface area contributed by atoms with E-state index in [9.17, 15) is 9.59 Å². The lowest BCUT2D eigenvalue weighted by molar-refractivity contribution is -0.138. The molecule has 0 saturated heterocycles. The molecule has 1 atom stereocenters. The first kappa shape index (κ1) is 17.3. The predicted molar refractivity (Wildman–Crippen MR) is 78.3 cm³/mol. The van der Waals surface area contributed by atoms with Gasteiger partial charge in [-0.1, -0.05) is 29.4 Å². The van der Waals surface area contributed by atoms with Gasteiger partial charge in [0.05, 0.1) is 0 Å². The van der Waals surface area contributed by atoms with Crippen molar-refractivity contribution in [3.63, 3.8) is 0 Å². The third kappa shape index (κ3) is 6.60. The summed E-state index contributed by atoms with van der Waals surface area (Å²) in [5.74, 6) is -1.06. The number of ether oxygens (including phenoxy) is 1. The first-order chi connectivity index (χ1) is 10.5. The average molecular weight is 307 g/mol. The van der Waals surface area contributed by atoms with Crippen molar-refractivity contribution >= 4 is 17.7 Å². The van der Waals surface area contributed by atoms with E-state index < -0.39 is 18.1 Å². The van der Waals surface area contributed by atoms with E-state index in [0.717, 1.165) is 5.56 Å². The van der Waals surface area contributed by atoms with Gasteiger partial charge in [-0.3, -0.25) is 4.79 Å². The van der Waals surface area contributed by atoms with E-state index in [2.05, 4.69) is 15.3 Å². The lowest BCUT2D eigenvalue weighted by atomic mass is 10.2. The summed E-state index contributed by atoms with van der Waals surface area (Å²) < 4.78 is 4.98. The molecule has 4 N–H and O–H groups in total. The third-order valence-corrected chi connectivity index (χ3v) is 2.74. The number of alkyl carbamates (subject to hydrolysis) is 1. The molecule has 0 fully saturated rings. The van der Waals surface area contributed by atoms with Crippen LogP contribution in [0.25, 0.3) is 10.4 Å². The van der Waals surface area contributed by atoms with Gasteiger partial charge in [-0.15, -0.1) is 0 Å². The van der Waals surface area contributed by atoms with E-state index in [1.54, 1.807) is 24.3 Å². The van der Waals surface area contributed by atoms with Crippen LogP contribution >= 0.6 is 0 Å². The van der Waals surface area contributed by atoms with E-state index >= 15 is 0 Å². The number of carbonyl (C=O) groups excluding carboxylic acids is 1. The molecular weight excluding hydrogens is 290 g/mol. The Morgan fingerprint density at radius 1 is 1.41 bits per heavy atom. The van der Waals surface area contributed by atoms with Gasteiger partial charge in [0.2, 0.25) is 0 Å². The number of hydrogen-bond acceptors (Lipinski definition) is 5. The van der Waals surface area contributed by atoms with Gasteiger partial charge in [0.25, 0.3) is 0 Å². The number of aliphatic carboxylic acids is 1. The summed E-state index contributed by atoms with van der Waals surface area (Å²) in [6.07, 6.45) is 0.128. The van der Waals surface area contributed by atoms with Crippen molar-refractivity contribution in [1.82, 2.24) is 5.32 Å². The molecule has 0 aliphatic rings. The van der Waals surface area contributed by atoms with Crippen molar-refractivity contribution in [2.24, 2.45) is 10.8 Å². The molecule has 9 nitrogen and oxygen atoms in total. The first-order valence-corrected chi connectivity index (χ1v) is 6.56. The van der Waals surface area contributed by atoms with E-state index in [1.807, 2.05) is 0 Å². The number of amides is 1. The van der Waals surface area contributed by atoms with E-state index in [0.29, 0.717) is 12.1 Å². The topological polar surface area (TPSA) is 150 Å². The summed E-state index contributed by atoms with van der Waals surface area (Å²) >= 11 is 0. The fourth-order valence-corrected chi connectivity index (χ4v) is 1.55. The molecule has 118 valence electrons. The lowest BCUT2D eigenvalue weighted by Gasteiger charge is -2.08. The van der Waals surface area contributed by atoms with Crippen LogP contribution in [0.2, 0.25) is 0 Å². The molecular formula is C13H17N5O4. The molecule has 0 heterocycles. The molecule has 0 spiro atoms. The van der Waals surface area contributed by atoms with Crippen molar-refractivity contribution in [3.05, 3.63) is 40.3 Å². The Labute approximate surface area is 126 Å². The second-order valence-corrected chi connectivity index (χ2v) is 4.45. The van der Waals surface area contributed by atoms with E-state index in [-0.39, 0.29) is 19.6 Å². The number of carbonyl (C=O) groups is 2. The zero-order valence-electron chi connectivity index (χ0n) is 11.8. The van der Waals surface area contributed by atoms with Crippen LogP contribution in [0, 0.1) is 0 Å². The quantitative estimate of drug-likeness (QED) is 0.290. The van der Waals surface area contributed by atoms with Crippen LogP contribution in [0.4, 0.5) is 10.5 Å². The van der Waals surface area contributed by atoms with Crippen molar-refractivity contribution in [1.29, 1.82) is 0 Å². The number of carboxylic acid groups (broad SMARTS) is 1. The summed E-state index contributed by atoms with van der Waals surface area (Å²) in [5, 5.41) is 14.5. The van der Waals surface area contributed by atoms with Gasteiger partial charge in [-0.25, -0.2) is 4.79 Å².